The van der Waals surface area contributed by atoms with E-state index in [0.717, 1.165) is 39.1 Å². The number of likely N-dealkylation sites (N-methyl/N-ethyl adjacent to an activating group) is 1. The average molecular weight is 1020 g/mol. The van der Waals surface area contributed by atoms with Crippen LogP contribution >= 0.6 is 46.4 Å². The van der Waals surface area contributed by atoms with Crippen LogP contribution in [0.15, 0.2) is 73.7 Å². The number of halogens is 5. The van der Waals surface area contributed by atoms with E-state index in [1.54, 1.807) is 43.4 Å². The van der Waals surface area contributed by atoms with Crippen molar-refractivity contribution in [1.82, 2.24) is 29.7 Å². The first-order valence-corrected chi connectivity index (χ1v) is 23.4. The van der Waals surface area contributed by atoms with Crippen molar-refractivity contribution in [3.05, 3.63) is 105 Å². The Morgan fingerprint density at radius 1 is 0.812 bits per heavy atom. The molecule has 0 spiro atoms. The van der Waals surface area contributed by atoms with Crippen LogP contribution in [0, 0.1) is 17.1 Å². The molecule has 69 heavy (non-hydrogen) atoms. The van der Waals surface area contributed by atoms with E-state index in [-0.39, 0.29) is 27.7 Å². The van der Waals surface area contributed by atoms with Gasteiger partial charge in [-0.2, -0.15) is 5.26 Å². The lowest BCUT2D eigenvalue weighted by molar-refractivity contribution is -0.127. The van der Waals surface area contributed by atoms with Crippen LogP contribution in [0.1, 0.15) is 24.8 Å². The van der Waals surface area contributed by atoms with Gasteiger partial charge in [0.1, 0.15) is 30.1 Å². The number of hydrogen-bond acceptors (Lipinski definition) is 14. The number of benzene rings is 4. The van der Waals surface area contributed by atoms with Gasteiger partial charge in [0.15, 0.2) is 28.8 Å². The van der Waals surface area contributed by atoms with Crippen molar-refractivity contribution in [1.29, 1.82) is 5.26 Å². The Morgan fingerprint density at radius 3 is 2.19 bits per heavy atom. The number of amides is 1. The van der Waals surface area contributed by atoms with Gasteiger partial charge in [-0.1, -0.05) is 53.0 Å². The lowest BCUT2D eigenvalue weighted by Crippen LogP contribution is -2.44. The molecule has 20 heteroatoms. The van der Waals surface area contributed by atoms with Crippen molar-refractivity contribution < 1.29 is 32.9 Å². The number of ether oxygens (including phenoxy) is 5. The lowest BCUT2D eigenvalue weighted by Gasteiger charge is -2.32. The number of aromatic nitrogens is 3. The second-order valence-corrected chi connectivity index (χ2v) is 17.7. The molecule has 0 radical (unpaired) electrons. The molecule has 1 amide bonds. The number of likely N-dealkylation sites (tertiary alicyclic amines) is 1. The number of hydrogen-bond donors (Lipinski definition) is 2. The third-order valence-electron chi connectivity index (χ3n) is 11.7. The SMILES string of the molecule is C=CC(=O)N1CCC(Oc2cc3c(Nc4ccc(Cl)c(Cl)c4F)ncnc3cc2OC)CC1.COc1cc(Nc2c(C#N)cnc3cc(OCCCN4CCN(C)CC4)c(OC)cc23)c(Cl)cc1Cl. The summed E-state index contributed by atoms with van der Waals surface area (Å²) in [5.41, 5.74) is 2.82. The van der Waals surface area contributed by atoms with E-state index in [9.17, 15) is 14.4 Å². The summed E-state index contributed by atoms with van der Waals surface area (Å²) in [7, 11) is 6.82. The summed E-state index contributed by atoms with van der Waals surface area (Å²) in [5.74, 6) is 2.25. The van der Waals surface area contributed by atoms with Gasteiger partial charge in [-0.3, -0.25) is 9.78 Å². The Balaban J connectivity index is 0.000000205. The van der Waals surface area contributed by atoms with Gasteiger partial charge in [0, 0.05) is 93.8 Å². The molecule has 362 valence electrons. The summed E-state index contributed by atoms with van der Waals surface area (Å²) >= 11 is 24.4. The van der Waals surface area contributed by atoms with Crippen LogP contribution in [0.5, 0.6) is 28.7 Å². The van der Waals surface area contributed by atoms with E-state index in [4.69, 9.17) is 70.1 Å². The second-order valence-electron chi connectivity index (χ2n) is 16.1. The number of rotatable bonds is 15. The molecular formula is C49H50Cl4FN9O6. The van der Waals surface area contributed by atoms with Crippen molar-refractivity contribution in [2.24, 2.45) is 0 Å². The quantitative estimate of drug-likeness (QED) is 0.0568. The molecule has 8 rings (SSSR count). The van der Waals surface area contributed by atoms with Crippen molar-refractivity contribution in [2.45, 2.75) is 25.4 Å². The fourth-order valence-corrected chi connectivity index (χ4v) is 8.64. The molecule has 0 saturated carbocycles. The predicted molar refractivity (Wildman–Crippen MR) is 270 cm³/mol. The zero-order valence-electron chi connectivity index (χ0n) is 38.4. The first-order valence-electron chi connectivity index (χ1n) is 21.9. The smallest absolute Gasteiger partial charge is 0.245 e. The number of carbonyl (C=O) groups is 1. The standard InChI is InChI=1S/C26H29Cl2N5O3.C23H21Cl2FN4O3/c1-32-6-8-33(9-7-32)5-4-10-36-25-13-21-18(11-24(25)35-3)26(17(15-29)16-30-21)31-22-14-23(34-2)20(28)12-19(22)27;1-3-20(31)30-8-6-13(7-9-30)33-19-10-14-17(11-18(19)32-2)27-12-28-23(14)29-16-5-4-15(24)21(25)22(16)26/h11-14,16H,4-10H2,1-3H3,(H,30,31);3-5,10-13H,1,6-9H2,2H3,(H,27,28,29). The highest BCUT2D eigenvalue weighted by atomic mass is 35.5. The Hall–Kier alpha value is -6.06. The zero-order valence-corrected chi connectivity index (χ0v) is 41.4. The number of carbonyl (C=O) groups excluding carboxylic acids is 1. The summed E-state index contributed by atoms with van der Waals surface area (Å²) in [6.07, 6.45) is 6.37. The average Bonchev–Trinajstić information content (AvgIpc) is 3.36. The molecule has 15 nitrogen and oxygen atoms in total. The van der Waals surface area contributed by atoms with Crippen molar-refractivity contribution in [2.75, 3.05) is 91.4 Å². The fraction of sp³-hybridized carbons (Fsp3) is 0.327. The molecule has 0 aliphatic carbocycles. The number of methoxy groups -OCH3 is 3. The van der Waals surface area contributed by atoms with Crippen LogP contribution in [0.3, 0.4) is 0 Å². The normalized spacial score (nSPS) is 14.3. The van der Waals surface area contributed by atoms with Crippen LogP contribution in [-0.4, -0.2) is 122 Å². The Labute approximate surface area is 419 Å². The van der Waals surface area contributed by atoms with Gasteiger partial charge in [0.2, 0.25) is 5.91 Å². The summed E-state index contributed by atoms with van der Waals surface area (Å²) in [6.45, 7) is 10.6. The molecule has 4 aromatic carbocycles. The lowest BCUT2D eigenvalue weighted by atomic mass is 10.1. The van der Waals surface area contributed by atoms with Crippen LogP contribution in [0.25, 0.3) is 21.8 Å². The van der Waals surface area contributed by atoms with Gasteiger partial charge in [-0.05, 0) is 49.9 Å². The highest BCUT2D eigenvalue weighted by Gasteiger charge is 2.25. The molecule has 0 bridgehead atoms. The molecule has 2 aliphatic heterocycles. The first kappa shape index (κ1) is 50.8. The third-order valence-corrected chi connectivity index (χ3v) is 13.1. The van der Waals surface area contributed by atoms with Gasteiger partial charge in [-0.25, -0.2) is 14.4 Å². The Kier molecular flexibility index (Phi) is 17.3. The molecule has 2 aromatic heterocycles. The number of nitrogens with one attached hydrogen (secondary N) is 2. The van der Waals surface area contributed by atoms with E-state index in [2.05, 4.69) is 55.1 Å². The summed E-state index contributed by atoms with van der Waals surface area (Å²) in [4.78, 5) is 31.4. The van der Waals surface area contributed by atoms with Crippen molar-refractivity contribution in [3.8, 4) is 34.8 Å². The Morgan fingerprint density at radius 2 is 1.49 bits per heavy atom. The number of nitrogens with zero attached hydrogens (tertiary/aromatic N) is 7. The van der Waals surface area contributed by atoms with Crippen LogP contribution in [0.4, 0.5) is 27.3 Å². The predicted octanol–water partition coefficient (Wildman–Crippen LogP) is 10.6. The maximum atomic E-state index is 14.6. The van der Waals surface area contributed by atoms with Gasteiger partial charge in [0.05, 0.1) is 81.7 Å². The maximum absolute atomic E-state index is 14.6. The third kappa shape index (κ3) is 12.2. The van der Waals surface area contributed by atoms with Crippen LogP contribution < -0.4 is 34.3 Å². The summed E-state index contributed by atoms with van der Waals surface area (Å²) in [5, 5.41) is 18.0. The number of piperidine rings is 1. The number of piperazine rings is 1. The van der Waals surface area contributed by atoms with E-state index in [1.807, 2.05) is 12.1 Å². The molecular weight excluding hydrogens is 971 g/mol. The molecule has 2 fully saturated rings. The molecule has 2 aliphatic rings. The minimum Gasteiger partial charge on any atom is -0.495 e. The molecule has 4 heterocycles. The molecule has 2 N–H and O–H groups in total. The van der Waals surface area contributed by atoms with Gasteiger partial charge >= 0.3 is 0 Å². The van der Waals surface area contributed by atoms with Crippen LogP contribution in [0.2, 0.25) is 20.1 Å². The molecule has 0 unspecified atom stereocenters. The fourth-order valence-electron chi connectivity index (χ4n) is 7.82. The largest absolute Gasteiger partial charge is 0.495 e. The number of anilines is 4. The van der Waals surface area contributed by atoms with Crippen LogP contribution in [-0.2, 0) is 4.79 Å². The minimum atomic E-state index is -0.679. The van der Waals surface area contributed by atoms with E-state index in [1.165, 1.54) is 37.8 Å². The highest BCUT2D eigenvalue weighted by Crippen LogP contribution is 2.41. The molecule has 2 saturated heterocycles. The summed E-state index contributed by atoms with van der Waals surface area (Å²) < 4.78 is 43.3. The zero-order chi connectivity index (χ0) is 49.2. The molecule has 0 atom stereocenters. The van der Waals surface area contributed by atoms with E-state index in [0.29, 0.717) is 116 Å². The maximum Gasteiger partial charge on any atom is 0.245 e. The first-order chi connectivity index (χ1) is 33.3. The van der Waals surface area contributed by atoms with Crippen molar-refractivity contribution in [3.63, 3.8) is 0 Å². The van der Waals surface area contributed by atoms with Gasteiger partial charge in [-0.15, -0.1) is 0 Å². The van der Waals surface area contributed by atoms with Gasteiger partial charge in [0.25, 0.3) is 0 Å². The second kappa shape index (κ2) is 23.5. The Bertz CT molecular complexity index is 2880. The summed E-state index contributed by atoms with van der Waals surface area (Å²) in [6, 6.07) is 15.6. The van der Waals surface area contributed by atoms with Crippen molar-refractivity contribution >= 4 is 97.0 Å². The molecule has 6 aromatic rings. The highest BCUT2D eigenvalue weighted by molar-refractivity contribution is 6.42. The topological polar surface area (TPSA) is 159 Å². The van der Waals surface area contributed by atoms with E-state index < -0.39 is 5.82 Å². The monoisotopic (exact) mass is 1020 g/mol. The van der Waals surface area contributed by atoms with Gasteiger partial charge < -0.3 is 49.0 Å². The number of nitriles is 1. The number of fused-ring (bicyclic) bond motifs is 2. The number of pyridine rings is 1. The van der Waals surface area contributed by atoms with E-state index >= 15 is 0 Å². The minimum absolute atomic E-state index is 0.0841.